The Morgan fingerprint density at radius 1 is 1.43 bits per heavy atom. The molecule has 0 unspecified atom stereocenters. The minimum atomic E-state index is -0.328. The summed E-state index contributed by atoms with van der Waals surface area (Å²) < 4.78 is 5.49. The third-order valence-electron chi connectivity index (χ3n) is 3.33. The normalized spacial score (nSPS) is 14.1. The van der Waals surface area contributed by atoms with E-state index in [-0.39, 0.29) is 16.7 Å². The number of rotatable bonds is 9. The Morgan fingerprint density at radius 2 is 2.17 bits per heavy atom. The smallest absolute Gasteiger partial charge is 0.258 e. The van der Waals surface area contributed by atoms with Crippen molar-refractivity contribution in [3.05, 3.63) is 46.9 Å². The van der Waals surface area contributed by atoms with E-state index in [1.165, 1.54) is 6.08 Å². The first kappa shape index (κ1) is 17.3. The number of nitrogens with zero attached hydrogens (tertiary/aromatic N) is 1. The van der Waals surface area contributed by atoms with Crippen molar-refractivity contribution in [2.24, 2.45) is 5.92 Å². The van der Waals surface area contributed by atoms with Gasteiger partial charge in [-0.25, -0.2) is 0 Å². The molecule has 1 aromatic carbocycles. The fraction of sp³-hybridized carbons (Fsp3) is 0.353. The average Bonchev–Trinajstić information content (AvgIpc) is 3.40. The monoisotopic (exact) mass is 329 g/mol. The first-order valence-electron chi connectivity index (χ1n) is 7.46. The molecule has 1 fully saturated rings. The number of nitrogens with one attached hydrogen (secondary N) is 2. The van der Waals surface area contributed by atoms with Gasteiger partial charge in [-0.05, 0) is 36.2 Å². The third kappa shape index (κ3) is 6.27. The van der Waals surface area contributed by atoms with Gasteiger partial charge in [-0.15, -0.1) is 0 Å². The molecule has 1 aromatic rings. The number of nitriles is 1. The number of thioether (sulfide) groups is 1. The number of benzene rings is 1. The summed E-state index contributed by atoms with van der Waals surface area (Å²) in [6.45, 7) is 1.26. The minimum Gasteiger partial charge on any atom is -0.375 e. The maximum absolute atomic E-state index is 12.0. The summed E-state index contributed by atoms with van der Waals surface area (Å²) >= 11 is 0.792. The zero-order valence-electron chi connectivity index (χ0n) is 12.7. The number of thiocyanates is 1. The lowest BCUT2D eigenvalue weighted by Crippen LogP contribution is -2.28. The van der Waals surface area contributed by atoms with Crippen molar-refractivity contribution in [1.29, 1.82) is 10.7 Å². The van der Waals surface area contributed by atoms with Crippen LogP contribution in [0, 0.1) is 22.0 Å². The van der Waals surface area contributed by atoms with Crippen LogP contribution in [0.15, 0.2) is 41.3 Å². The molecule has 0 aliphatic heterocycles. The number of hydrogen-bond donors (Lipinski definition) is 2. The number of amides is 1. The Bertz CT molecular complexity index is 618. The van der Waals surface area contributed by atoms with Gasteiger partial charge >= 0.3 is 0 Å². The Balaban J connectivity index is 1.71. The van der Waals surface area contributed by atoms with E-state index in [2.05, 4.69) is 5.32 Å². The molecule has 1 saturated carbocycles. The Hall–Kier alpha value is -2.10. The molecule has 23 heavy (non-hydrogen) atoms. The summed E-state index contributed by atoms with van der Waals surface area (Å²) in [7, 11) is 0. The zero-order chi connectivity index (χ0) is 16.5. The van der Waals surface area contributed by atoms with Crippen molar-refractivity contribution in [2.75, 3.05) is 13.2 Å². The number of carbonyl (C=O) groups is 1. The SMILES string of the molecule is N#CS/C(=C/C(=N)C1CC1)C(=O)NCCOCc1ccccc1. The van der Waals surface area contributed by atoms with E-state index >= 15 is 0 Å². The largest absolute Gasteiger partial charge is 0.375 e. The lowest BCUT2D eigenvalue weighted by molar-refractivity contribution is -0.117. The van der Waals surface area contributed by atoms with Crippen molar-refractivity contribution in [1.82, 2.24) is 5.32 Å². The molecule has 1 amide bonds. The van der Waals surface area contributed by atoms with Gasteiger partial charge in [-0.1, -0.05) is 30.3 Å². The van der Waals surface area contributed by atoms with Crippen LogP contribution in [0.4, 0.5) is 0 Å². The summed E-state index contributed by atoms with van der Waals surface area (Å²) in [5, 5.41) is 21.2. The maximum atomic E-state index is 12.0. The number of carbonyl (C=O) groups excluding carboxylic acids is 1. The lowest BCUT2D eigenvalue weighted by Gasteiger charge is -2.07. The van der Waals surface area contributed by atoms with Crippen LogP contribution in [0.1, 0.15) is 18.4 Å². The van der Waals surface area contributed by atoms with E-state index in [1.807, 2.05) is 35.7 Å². The highest BCUT2D eigenvalue weighted by Gasteiger charge is 2.26. The Labute approximate surface area is 140 Å². The second-order valence-electron chi connectivity index (χ2n) is 5.23. The molecule has 0 heterocycles. The van der Waals surface area contributed by atoms with Gasteiger partial charge in [0.05, 0.1) is 18.1 Å². The molecule has 2 N–H and O–H groups in total. The summed E-state index contributed by atoms with van der Waals surface area (Å²) in [4.78, 5) is 12.3. The quantitative estimate of drug-likeness (QED) is 0.316. The van der Waals surface area contributed by atoms with Crippen molar-refractivity contribution in [2.45, 2.75) is 19.4 Å². The van der Waals surface area contributed by atoms with Gasteiger partial charge in [-0.3, -0.25) is 4.79 Å². The maximum Gasteiger partial charge on any atom is 0.258 e. The van der Waals surface area contributed by atoms with Gasteiger partial charge in [-0.2, -0.15) is 5.26 Å². The molecule has 0 spiro atoms. The Kier molecular flexibility index (Phi) is 6.85. The van der Waals surface area contributed by atoms with Crippen molar-refractivity contribution < 1.29 is 9.53 Å². The van der Waals surface area contributed by atoms with Gasteiger partial charge in [0.1, 0.15) is 5.40 Å². The fourth-order valence-electron chi connectivity index (χ4n) is 1.93. The standard InChI is InChI=1S/C17H19N3O2S/c18-12-23-16(10-15(19)14-6-7-14)17(21)20-8-9-22-11-13-4-2-1-3-5-13/h1-5,10,14,19H,6-9,11H2,(H,20,21)/b16-10+,19-15?. The average molecular weight is 329 g/mol. The predicted octanol–water partition coefficient (Wildman–Crippen LogP) is 2.85. The van der Waals surface area contributed by atoms with Crippen LogP contribution in [0.5, 0.6) is 0 Å². The molecule has 0 bridgehead atoms. The second-order valence-corrected chi connectivity index (χ2v) is 6.05. The molecule has 0 aromatic heterocycles. The highest BCUT2D eigenvalue weighted by atomic mass is 32.2. The predicted molar refractivity (Wildman–Crippen MR) is 90.8 cm³/mol. The molecular formula is C17H19N3O2S. The molecule has 5 nitrogen and oxygen atoms in total. The summed E-state index contributed by atoms with van der Waals surface area (Å²) in [5.41, 5.74) is 1.51. The van der Waals surface area contributed by atoms with E-state index in [0.29, 0.717) is 25.5 Å². The van der Waals surface area contributed by atoms with Crippen LogP contribution in [0.3, 0.4) is 0 Å². The third-order valence-corrected chi connectivity index (χ3v) is 3.94. The highest BCUT2D eigenvalue weighted by Crippen LogP contribution is 2.31. The van der Waals surface area contributed by atoms with Gasteiger partial charge in [0, 0.05) is 18.2 Å². The lowest BCUT2D eigenvalue weighted by atomic mass is 10.2. The highest BCUT2D eigenvalue weighted by molar-refractivity contribution is 8.08. The van der Waals surface area contributed by atoms with Crippen molar-refractivity contribution in [3.63, 3.8) is 0 Å². The van der Waals surface area contributed by atoms with E-state index < -0.39 is 0 Å². The molecule has 1 aliphatic carbocycles. The molecule has 0 saturated heterocycles. The van der Waals surface area contributed by atoms with E-state index in [9.17, 15) is 4.79 Å². The van der Waals surface area contributed by atoms with Crippen LogP contribution < -0.4 is 5.32 Å². The minimum absolute atomic E-state index is 0.256. The summed E-state index contributed by atoms with van der Waals surface area (Å²) in [6, 6.07) is 9.81. The van der Waals surface area contributed by atoms with Crippen molar-refractivity contribution >= 4 is 23.4 Å². The molecule has 0 radical (unpaired) electrons. The van der Waals surface area contributed by atoms with Gasteiger partial charge in [0.25, 0.3) is 5.91 Å². The molecule has 120 valence electrons. The molecule has 2 rings (SSSR count). The zero-order valence-corrected chi connectivity index (χ0v) is 13.6. The van der Waals surface area contributed by atoms with E-state index in [1.54, 1.807) is 0 Å². The molecule has 1 aliphatic rings. The number of ether oxygens (including phenoxy) is 1. The van der Waals surface area contributed by atoms with Crippen molar-refractivity contribution in [3.8, 4) is 5.40 Å². The molecule has 6 heteroatoms. The summed E-state index contributed by atoms with van der Waals surface area (Å²) in [6.07, 6.45) is 3.50. The van der Waals surface area contributed by atoms with Crippen LogP contribution in [-0.2, 0) is 16.1 Å². The van der Waals surface area contributed by atoms with Gasteiger partial charge in [0.2, 0.25) is 0 Å². The van der Waals surface area contributed by atoms with Crippen LogP contribution in [0.2, 0.25) is 0 Å². The first-order chi connectivity index (χ1) is 11.2. The number of allylic oxidation sites excluding steroid dienone is 1. The van der Waals surface area contributed by atoms with E-state index in [4.69, 9.17) is 15.4 Å². The van der Waals surface area contributed by atoms with Crippen LogP contribution >= 0.6 is 11.8 Å². The van der Waals surface area contributed by atoms with Crippen LogP contribution in [0.25, 0.3) is 0 Å². The first-order valence-corrected chi connectivity index (χ1v) is 8.28. The Morgan fingerprint density at radius 3 is 2.83 bits per heavy atom. The van der Waals surface area contributed by atoms with Crippen LogP contribution in [-0.4, -0.2) is 24.8 Å². The molecule has 0 atom stereocenters. The topological polar surface area (TPSA) is 86.0 Å². The van der Waals surface area contributed by atoms with E-state index in [0.717, 1.165) is 30.2 Å². The number of hydrogen-bond acceptors (Lipinski definition) is 5. The van der Waals surface area contributed by atoms with Gasteiger partial charge < -0.3 is 15.5 Å². The fourth-order valence-corrected chi connectivity index (χ4v) is 2.38. The second kappa shape index (κ2) is 9.13. The van der Waals surface area contributed by atoms with Gasteiger partial charge in [0.15, 0.2) is 0 Å². The molecular weight excluding hydrogens is 310 g/mol. The summed E-state index contributed by atoms with van der Waals surface area (Å²) in [5.74, 6) is -0.0726.